The van der Waals surface area contributed by atoms with Crippen molar-refractivity contribution in [2.75, 3.05) is 39.3 Å². The van der Waals surface area contributed by atoms with Crippen LogP contribution in [0.4, 0.5) is 0 Å². The number of carbonyl (C=O) groups excluding carboxylic acids is 2. The summed E-state index contributed by atoms with van der Waals surface area (Å²) in [6.07, 6.45) is 2.54. The van der Waals surface area contributed by atoms with Gasteiger partial charge in [0.05, 0.1) is 4.88 Å². The summed E-state index contributed by atoms with van der Waals surface area (Å²) in [6, 6.07) is 11.9. The van der Waals surface area contributed by atoms with Crippen LogP contribution in [0.15, 0.2) is 36.4 Å². The third-order valence-corrected chi connectivity index (χ3v) is 6.57. The predicted octanol–water partition coefficient (Wildman–Crippen LogP) is 3.25. The molecular weight excluding hydrogens is 370 g/mol. The first kappa shape index (κ1) is 19.2. The molecule has 0 radical (unpaired) electrons. The largest absolute Gasteiger partial charge is 0.335 e. The topological polar surface area (TPSA) is 43.9 Å². The van der Waals surface area contributed by atoms with Gasteiger partial charge in [0.25, 0.3) is 11.8 Å². The SMILES string of the molecule is Cc1ccc(C(=O)N2CCN(C(=O)c3cccc(CN4CCCC4)c3)CC2)s1. The molecule has 1 aromatic carbocycles. The predicted molar refractivity (Wildman–Crippen MR) is 112 cm³/mol. The van der Waals surface area contributed by atoms with Gasteiger partial charge in [-0.2, -0.15) is 0 Å². The Morgan fingerprint density at radius 1 is 0.893 bits per heavy atom. The van der Waals surface area contributed by atoms with Crippen LogP contribution in [-0.4, -0.2) is 65.8 Å². The Balaban J connectivity index is 1.35. The second-order valence-corrected chi connectivity index (χ2v) is 8.97. The Hall–Kier alpha value is -2.18. The van der Waals surface area contributed by atoms with Crippen LogP contribution in [0.2, 0.25) is 0 Å². The number of thiophene rings is 1. The molecule has 6 heteroatoms. The summed E-state index contributed by atoms with van der Waals surface area (Å²) >= 11 is 1.53. The van der Waals surface area contributed by atoms with Crippen molar-refractivity contribution in [1.82, 2.24) is 14.7 Å². The summed E-state index contributed by atoms with van der Waals surface area (Å²) in [6.45, 7) is 7.59. The molecule has 2 aliphatic heterocycles. The van der Waals surface area contributed by atoms with Crippen molar-refractivity contribution in [3.8, 4) is 0 Å². The minimum atomic E-state index is 0.0716. The fraction of sp³-hybridized carbons (Fsp3) is 0.455. The third-order valence-electron chi connectivity index (χ3n) is 5.58. The Kier molecular flexibility index (Phi) is 5.78. The Bertz CT molecular complexity index is 849. The van der Waals surface area contributed by atoms with E-state index < -0.39 is 0 Å². The number of piperazine rings is 1. The maximum atomic E-state index is 12.9. The number of hydrogen-bond acceptors (Lipinski definition) is 4. The quantitative estimate of drug-likeness (QED) is 0.795. The van der Waals surface area contributed by atoms with Crippen LogP contribution < -0.4 is 0 Å². The first-order valence-electron chi connectivity index (χ1n) is 10.1. The fourth-order valence-electron chi connectivity index (χ4n) is 4.00. The molecule has 3 heterocycles. The molecular formula is C22H27N3O2S. The van der Waals surface area contributed by atoms with Crippen molar-refractivity contribution < 1.29 is 9.59 Å². The highest BCUT2D eigenvalue weighted by Gasteiger charge is 2.26. The minimum Gasteiger partial charge on any atom is -0.335 e. The molecule has 0 bridgehead atoms. The number of aryl methyl sites for hydroxylation is 1. The smallest absolute Gasteiger partial charge is 0.264 e. The first-order chi connectivity index (χ1) is 13.6. The molecule has 0 unspecified atom stereocenters. The molecule has 0 N–H and O–H groups in total. The second kappa shape index (κ2) is 8.45. The highest BCUT2D eigenvalue weighted by Crippen LogP contribution is 2.19. The van der Waals surface area contributed by atoms with E-state index in [-0.39, 0.29) is 11.8 Å². The van der Waals surface area contributed by atoms with E-state index in [0.717, 1.165) is 35.0 Å². The zero-order valence-corrected chi connectivity index (χ0v) is 17.2. The molecule has 1 aromatic heterocycles. The van der Waals surface area contributed by atoms with Crippen LogP contribution >= 0.6 is 11.3 Å². The Morgan fingerprint density at radius 2 is 1.57 bits per heavy atom. The lowest BCUT2D eigenvalue weighted by molar-refractivity contribution is 0.0538. The lowest BCUT2D eigenvalue weighted by Gasteiger charge is -2.34. The number of nitrogens with zero attached hydrogens (tertiary/aromatic N) is 3. The summed E-state index contributed by atoms with van der Waals surface area (Å²) in [5, 5.41) is 0. The number of amides is 2. The number of benzene rings is 1. The van der Waals surface area contributed by atoms with Crippen LogP contribution in [0.1, 0.15) is 43.3 Å². The molecule has 0 saturated carbocycles. The Morgan fingerprint density at radius 3 is 2.21 bits per heavy atom. The summed E-state index contributed by atoms with van der Waals surface area (Å²) in [4.78, 5) is 33.7. The average Bonchev–Trinajstić information content (AvgIpc) is 3.39. The summed E-state index contributed by atoms with van der Waals surface area (Å²) in [5.74, 6) is 0.153. The summed E-state index contributed by atoms with van der Waals surface area (Å²) in [5.41, 5.74) is 1.96. The van der Waals surface area contributed by atoms with Crippen molar-refractivity contribution >= 4 is 23.2 Å². The van der Waals surface area contributed by atoms with Crippen LogP contribution in [0.25, 0.3) is 0 Å². The van der Waals surface area contributed by atoms with Crippen molar-refractivity contribution in [1.29, 1.82) is 0 Å². The van der Waals surface area contributed by atoms with Gasteiger partial charge in [-0.1, -0.05) is 12.1 Å². The van der Waals surface area contributed by atoms with Gasteiger partial charge in [-0.25, -0.2) is 0 Å². The van der Waals surface area contributed by atoms with Crippen molar-refractivity contribution in [3.63, 3.8) is 0 Å². The lowest BCUT2D eigenvalue weighted by atomic mass is 10.1. The molecule has 148 valence electrons. The number of rotatable bonds is 4. The van der Waals surface area contributed by atoms with Crippen molar-refractivity contribution in [3.05, 3.63) is 57.3 Å². The molecule has 2 fully saturated rings. The highest BCUT2D eigenvalue weighted by atomic mass is 32.1. The van der Waals surface area contributed by atoms with E-state index in [1.165, 1.54) is 29.7 Å². The van der Waals surface area contributed by atoms with Crippen LogP contribution in [-0.2, 0) is 6.54 Å². The van der Waals surface area contributed by atoms with E-state index in [1.54, 1.807) is 0 Å². The molecule has 4 rings (SSSR count). The molecule has 2 amide bonds. The van der Waals surface area contributed by atoms with Crippen LogP contribution in [0, 0.1) is 6.92 Å². The van der Waals surface area contributed by atoms with E-state index in [1.807, 2.05) is 47.1 Å². The van der Waals surface area contributed by atoms with Gasteiger partial charge in [-0.15, -0.1) is 11.3 Å². The van der Waals surface area contributed by atoms with Gasteiger partial charge in [-0.05, 0) is 62.7 Å². The molecule has 2 aliphatic rings. The van der Waals surface area contributed by atoms with E-state index in [0.29, 0.717) is 26.2 Å². The average molecular weight is 398 g/mol. The monoisotopic (exact) mass is 397 g/mol. The first-order valence-corrected chi connectivity index (χ1v) is 10.9. The van der Waals surface area contributed by atoms with Crippen LogP contribution in [0.5, 0.6) is 0 Å². The van der Waals surface area contributed by atoms with Gasteiger partial charge in [-0.3, -0.25) is 14.5 Å². The van der Waals surface area contributed by atoms with E-state index in [9.17, 15) is 9.59 Å². The van der Waals surface area contributed by atoms with E-state index >= 15 is 0 Å². The molecule has 0 atom stereocenters. The maximum Gasteiger partial charge on any atom is 0.264 e. The van der Waals surface area contributed by atoms with Crippen LogP contribution in [0.3, 0.4) is 0 Å². The highest BCUT2D eigenvalue weighted by molar-refractivity contribution is 7.13. The zero-order chi connectivity index (χ0) is 19.5. The third kappa shape index (κ3) is 4.28. The van der Waals surface area contributed by atoms with Gasteiger partial charge in [0.1, 0.15) is 0 Å². The normalized spacial score (nSPS) is 17.9. The van der Waals surface area contributed by atoms with Crippen molar-refractivity contribution in [2.24, 2.45) is 0 Å². The molecule has 2 saturated heterocycles. The molecule has 0 aliphatic carbocycles. The van der Waals surface area contributed by atoms with Gasteiger partial charge in [0.15, 0.2) is 0 Å². The number of likely N-dealkylation sites (tertiary alicyclic amines) is 1. The number of carbonyl (C=O) groups is 2. The van der Waals surface area contributed by atoms with Crippen molar-refractivity contribution in [2.45, 2.75) is 26.3 Å². The molecule has 28 heavy (non-hydrogen) atoms. The summed E-state index contributed by atoms with van der Waals surface area (Å²) < 4.78 is 0. The second-order valence-electron chi connectivity index (χ2n) is 7.68. The minimum absolute atomic E-state index is 0.0716. The van der Waals surface area contributed by atoms with Gasteiger partial charge in [0, 0.05) is 43.2 Å². The number of hydrogen-bond donors (Lipinski definition) is 0. The lowest BCUT2D eigenvalue weighted by Crippen LogP contribution is -2.50. The summed E-state index contributed by atoms with van der Waals surface area (Å²) in [7, 11) is 0. The fourth-order valence-corrected chi connectivity index (χ4v) is 4.84. The van der Waals surface area contributed by atoms with Gasteiger partial charge >= 0.3 is 0 Å². The molecule has 0 spiro atoms. The Labute approximate surface area is 170 Å². The standard InChI is InChI=1S/C22H27N3O2S/c1-17-7-8-20(28-17)22(27)25-13-11-24(12-14-25)21(26)19-6-4-5-18(15-19)16-23-9-2-3-10-23/h4-8,15H,2-3,9-14,16H2,1H3. The zero-order valence-electron chi connectivity index (χ0n) is 16.4. The van der Waals surface area contributed by atoms with E-state index in [2.05, 4.69) is 11.0 Å². The van der Waals surface area contributed by atoms with Gasteiger partial charge in [0.2, 0.25) is 0 Å². The molecule has 5 nitrogen and oxygen atoms in total. The maximum absolute atomic E-state index is 12.9. The van der Waals surface area contributed by atoms with E-state index in [4.69, 9.17) is 0 Å². The van der Waals surface area contributed by atoms with Gasteiger partial charge < -0.3 is 9.80 Å². The molecule has 2 aromatic rings.